The zero-order valence-corrected chi connectivity index (χ0v) is 17.7. The molecule has 1 atom stereocenters. The number of esters is 1. The van der Waals surface area contributed by atoms with Crippen molar-refractivity contribution in [1.82, 2.24) is 10.2 Å². The number of hydrogen-bond donors (Lipinski definition) is 1. The third-order valence-electron chi connectivity index (χ3n) is 4.77. The molecule has 8 heteroatoms. The molecule has 1 heterocycles. The number of benzene rings is 2. The molecule has 164 valence electrons. The predicted octanol–water partition coefficient (Wildman–Crippen LogP) is 2.96. The number of para-hydroxylation sites is 1. The van der Waals surface area contributed by atoms with Gasteiger partial charge in [0.1, 0.15) is 12.3 Å². The second kappa shape index (κ2) is 11.0. The Morgan fingerprint density at radius 3 is 2.65 bits per heavy atom. The Morgan fingerprint density at radius 1 is 1.16 bits per heavy atom. The zero-order valence-electron chi connectivity index (χ0n) is 17.7. The summed E-state index contributed by atoms with van der Waals surface area (Å²) in [7, 11) is 1.61. The molecule has 2 aromatic carbocycles. The van der Waals surface area contributed by atoms with E-state index >= 15 is 0 Å². The number of oxime groups is 1. The van der Waals surface area contributed by atoms with Crippen molar-refractivity contribution in [3.8, 4) is 5.75 Å². The Morgan fingerprint density at radius 2 is 1.90 bits per heavy atom. The molecule has 0 saturated heterocycles. The highest BCUT2D eigenvalue weighted by Gasteiger charge is 2.28. The summed E-state index contributed by atoms with van der Waals surface area (Å²) in [5.74, 6) is 0.244. The van der Waals surface area contributed by atoms with Gasteiger partial charge in [-0.1, -0.05) is 47.6 Å². The van der Waals surface area contributed by atoms with Gasteiger partial charge in [-0.3, -0.25) is 4.79 Å². The van der Waals surface area contributed by atoms with Gasteiger partial charge in [0, 0.05) is 18.5 Å². The van der Waals surface area contributed by atoms with E-state index in [-0.39, 0.29) is 25.3 Å². The second-order valence-electron chi connectivity index (χ2n) is 7.00. The molecule has 8 nitrogen and oxygen atoms in total. The first kappa shape index (κ1) is 22.1. The van der Waals surface area contributed by atoms with Gasteiger partial charge in [-0.25, -0.2) is 4.79 Å². The molecular weight excluding hydrogens is 398 g/mol. The maximum Gasteiger partial charge on any atom is 0.325 e. The van der Waals surface area contributed by atoms with Gasteiger partial charge in [0.2, 0.25) is 0 Å². The molecule has 1 aliphatic heterocycles. The summed E-state index contributed by atoms with van der Waals surface area (Å²) in [6.45, 7) is 2.48. The molecule has 1 N–H and O–H groups in total. The molecule has 0 saturated carbocycles. The molecule has 0 spiro atoms. The van der Waals surface area contributed by atoms with Crippen LogP contribution >= 0.6 is 0 Å². The van der Waals surface area contributed by atoms with Crippen molar-refractivity contribution in [2.24, 2.45) is 5.16 Å². The highest BCUT2D eigenvalue weighted by Crippen LogP contribution is 2.25. The number of carbonyl (C=O) groups is 2. The molecular formula is C23H27N3O5. The van der Waals surface area contributed by atoms with E-state index in [1.807, 2.05) is 54.6 Å². The quantitative estimate of drug-likeness (QED) is 0.624. The summed E-state index contributed by atoms with van der Waals surface area (Å²) in [5.41, 5.74) is 2.61. The number of hydrogen-bond acceptors (Lipinski definition) is 6. The maximum absolute atomic E-state index is 12.8. The standard InChI is InChI=1S/C23H27N3O5/c1-3-30-22(27)14-24-23(28)26(15-17-9-5-4-6-10-17)16-18-13-20(25-31-18)19-11-7-8-12-21(19)29-2/h4-12,18H,3,13-16H2,1-2H3,(H,24,28). The lowest BCUT2D eigenvalue weighted by atomic mass is 10.0. The van der Waals surface area contributed by atoms with Gasteiger partial charge in [-0.15, -0.1) is 0 Å². The van der Waals surface area contributed by atoms with Gasteiger partial charge in [0.05, 0.1) is 26.0 Å². The third kappa shape index (κ3) is 6.21. The first-order valence-electron chi connectivity index (χ1n) is 10.2. The Kier molecular flexibility index (Phi) is 7.86. The molecule has 0 aliphatic carbocycles. The minimum atomic E-state index is -0.477. The average Bonchev–Trinajstić information content (AvgIpc) is 3.26. The van der Waals surface area contributed by atoms with Crippen LogP contribution in [0.25, 0.3) is 0 Å². The van der Waals surface area contributed by atoms with Crippen molar-refractivity contribution in [1.29, 1.82) is 0 Å². The van der Waals surface area contributed by atoms with Crippen molar-refractivity contribution < 1.29 is 23.9 Å². The highest BCUT2D eigenvalue weighted by atomic mass is 16.6. The molecule has 3 rings (SSSR count). The normalized spacial score (nSPS) is 14.9. The molecule has 0 bridgehead atoms. The van der Waals surface area contributed by atoms with Crippen LogP contribution in [0.1, 0.15) is 24.5 Å². The van der Waals surface area contributed by atoms with E-state index in [9.17, 15) is 9.59 Å². The molecule has 0 radical (unpaired) electrons. The van der Waals surface area contributed by atoms with Crippen LogP contribution < -0.4 is 10.1 Å². The van der Waals surface area contributed by atoms with Gasteiger partial charge >= 0.3 is 12.0 Å². The molecule has 2 amide bonds. The largest absolute Gasteiger partial charge is 0.496 e. The van der Waals surface area contributed by atoms with E-state index < -0.39 is 5.97 Å². The molecule has 31 heavy (non-hydrogen) atoms. The van der Waals surface area contributed by atoms with Crippen molar-refractivity contribution >= 4 is 17.7 Å². The molecule has 2 aromatic rings. The van der Waals surface area contributed by atoms with Gasteiger partial charge in [-0.05, 0) is 24.6 Å². The Hall–Kier alpha value is -3.55. The minimum Gasteiger partial charge on any atom is -0.496 e. The number of ether oxygens (including phenoxy) is 2. The fourth-order valence-electron chi connectivity index (χ4n) is 3.31. The van der Waals surface area contributed by atoms with Crippen molar-refractivity contribution in [3.05, 3.63) is 65.7 Å². The lowest BCUT2D eigenvalue weighted by molar-refractivity contribution is -0.141. The monoisotopic (exact) mass is 425 g/mol. The van der Waals surface area contributed by atoms with E-state index in [0.29, 0.717) is 19.5 Å². The first-order valence-corrected chi connectivity index (χ1v) is 10.2. The van der Waals surface area contributed by atoms with E-state index in [4.69, 9.17) is 14.3 Å². The zero-order chi connectivity index (χ0) is 22.1. The van der Waals surface area contributed by atoms with Crippen molar-refractivity contribution in [2.45, 2.75) is 26.0 Å². The van der Waals surface area contributed by atoms with Gasteiger partial charge in [-0.2, -0.15) is 0 Å². The SMILES string of the molecule is CCOC(=O)CNC(=O)N(Cc1ccccc1)CC1CC(c2ccccc2OC)=NO1. The summed E-state index contributed by atoms with van der Waals surface area (Å²) in [6.07, 6.45) is 0.230. The van der Waals surface area contributed by atoms with Crippen LogP contribution in [0.2, 0.25) is 0 Å². The Bertz CT molecular complexity index is 916. The van der Waals surface area contributed by atoms with E-state index in [1.54, 1.807) is 18.9 Å². The number of rotatable bonds is 9. The highest BCUT2D eigenvalue weighted by molar-refractivity contribution is 6.03. The molecule has 1 unspecified atom stereocenters. The third-order valence-corrected chi connectivity index (χ3v) is 4.77. The summed E-state index contributed by atoms with van der Waals surface area (Å²) in [4.78, 5) is 31.6. The predicted molar refractivity (Wildman–Crippen MR) is 116 cm³/mol. The number of nitrogens with one attached hydrogen (secondary N) is 1. The lowest BCUT2D eigenvalue weighted by Gasteiger charge is -2.25. The molecule has 1 aliphatic rings. The van der Waals surface area contributed by atoms with Crippen LogP contribution in [0.15, 0.2) is 59.8 Å². The van der Waals surface area contributed by atoms with E-state index in [1.165, 1.54) is 0 Å². The van der Waals surface area contributed by atoms with E-state index in [0.717, 1.165) is 22.6 Å². The molecule has 0 aromatic heterocycles. The number of carbonyl (C=O) groups excluding carboxylic acids is 2. The lowest BCUT2D eigenvalue weighted by Crippen LogP contribution is -2.45. The van der Waals surface area contributed by atoms with Gasteiger partial charge in [0.25, 0.3) is 0 Å². The summed E-state index contributed by atoms with van der Waals surface area (Å²) in [5, 5.41) is 6.84. The number of nitrogens with zero attached hydrogens (tertiary/aromatic N) is 2. The van der Waals surface area contributed by atoms with Crippen LogP contribution in [0.4, 0.5) is 4.79 Å². The van der Waals surface area contributed by atoms with Gasteiger partial charge < -0.3 is 24.5 Å². The average molecular weight is 425 g/mol. The van der Waals surface area contributed by atoms with Crippen LogP contribution in [-0.2, 0) is 20.9 Å². The summed E-state index contributed by atoms with van der Waals surface area (Å²) < 4.78 is 10.3. The topological polar surface area (TPSA) is 89.5 Å². The number of methoxy groups -OCH3 is 1. The fraction of sp³-hybridized carbons (Fsp3) is 0.348. The summed E-state index contributed by atoms with van der Waals surface area (Å²) >= 11 is 0. The van der Waals surface area contributed by atoms with Crippen molar-refractivity contribution in [2.75, 3.05) is 26.8 Å². The Balaban J connectivity index is 1.65. The maximum atomic E-state index is 12.8. The fourth-order valence-corrected chi connectivity index (χ4v) is 3.31. The van der Waals surface area contributed by atoms with Crippen LogP contribution in [-0.4, -0.2) is 55.5 Å². The summed E-state index contributed by atoms with van der Waals surface area (Å²) in [6, 6.07) is 16.9. The van der Waals surface area contributed by atoms with Crippen LogP contribution in [0.5, 0.6) is 5.75 Å². The van der Waals surface area contributed by atoms with Gasteiger partial charge in [0.15, 0.2) is 6.10 Å². The number of urea groups is 1. The first-order chi connectivity index (χ1) is 15.1. The number of amides is 2. The minimum absolute atomic E-state index is 0.188. The van der Waals surface area contributed by atoms with Crippen molar-refractivity contribution in [3.63, 3.8) is 0 Å². The van der Waals surface area contributed by atoms with E-state index in [2.05, 4.69) is 10.5 Å². The smallest absolute Gasteiger partial charge is 0.325 e. The Labute approximate surface area is 181 Å². The van der Waals surface area contributed by atoms with Crippen LogP contribution in [0, 0.1) is 0 Å². The van der Waals surface area contributed by atoms with Crippen LogP contribution in [0.3, 0.4) is 0 Å². The second-order valence-corrected chi connectivity index (χ2v) is 7.00. The molecule has 0 fully saturated rings.